The van der Waals surface area contributed by atoms with Gasteiger partial charge in [0.1, 0.15) is 5.82 Å². The van der Waals surface area contributed by atoms with Crippen LogP contribution in [-0.4, -0.2) is 48.6 Å². The third kappa shape index (κ3) is 5.09. The van der Waals surface area contributed by atoms with Crippen molar-refractivity contribution in [1.82, 2.24) is 10.2 Å². The van der Waals surface area contributed by atoms with Crippen LogP contribution in [0, 0.1) is 5.82 Å². The van der Waals surface area contributed by atoms with Gasteiger partial charge in [-0.1, -0.05) is 0 Å². The second-order valence-corrected chi connectivity index (χ2v) is 4.41. The van der Waals surface area contributed by atoms with Crippen LogP contribution in [0.3, 0.4) is 0 Å². The van der Waals surface area contributed by atoms with Gasteiger partial charge in [0.2, 0.25) is 5.91 Å². The van der Waals surface area contributed by atoms with Crippen molar-refractivity contribution >= 4 is 23.6 Å². The van der Waals surface area contributed by atoms with Gasteiger partial charge in [-0.2, -0.15) is 0 Å². The first-order chi connectivity index (χ1) is 9.81. The Morgan fingerprint density at radius 2 is 1.95 bits per heavy atom. The summed E-state index contributed by atoms with van der Waals surface area (Å²) in [4.78, 5) is 35.2. The van der Waals surface area contributed by atoms with Crippen LogP contribution in [0.25, 0.3) is 0 Å². The van der Waals surface area contributed by atoms with Gasteiger partial charge in [0.05, 0.1) is 11.3 Å². The molecule has 0 unspecified atom stereocenters. The summed E-state index contributed by atoms with van der Waals surface area (Å²) in [6.45, 7) is 0.104. The number of amides is 3. The highest BCUT2D eigenvalue weighted by Gasteiger charge is 2.13. The first-order valence-corrected chi connectivity index (χ1v) is 6.09. The Hall–Kier alpha value is -2.64. The van der Waals surface area contributed by atoms with Crippen LogP contribution in [0.2, 0.25) is 0 Å². The lowest BCUT2D eigenvalue weighted by molar-refractivity contribution is -0.128. The van der Waals surface area contributed by atoms with E-state index in [1.165, 1.54) is 4.90 Å². The lowest BCUT2D eigenvalue weighted by atomic mass is 10.2. The number of carbonyl (C=O) groups is 3. The number of hydrogen-bond acceptors (Lipinski definition) is 3. The molecule has 0 radical (unpaired) electrons. The lowest BCUT2D eigenvalue weighted by Crippen LogP contribution is -2.33. The number of rotatable bonds is 5. The first kappa shape index (κ1) is 16.4. The number of carboxylic acid groups (broad SMARTS) is 1. The molecular formula is C13H16FN3O4. The van der Waals surface area contributed by atoms with E-state index in [9.17, 15) is 18.8 Å². The molecule has 0 heterocycles. The Bertz CT molecular complexity index is 560. The van der Waals surface area contributed by atoms with Crippen LogP contribution in [0.15, 0.2) is 18.2 Å². The van der Waals surface area contributed by atoms with Crippen LogP contribution in [0.1, 0.15) is 16.8 Å². The van der Waals surface area contributed by atoms with Crippen molar-refractivity contribution in [3.05, 3.63) is 29.6 Å². The molecule has 114 valence electrons. The van der Waals surface area contributed by atoms with E-state index < -0.39 is 17.8 Å². The summed E-state index contributed by atoms with van der Waals surface area (Å²) < 4.78 is 13.0. The largest absolute Gasteiger partial charge is 0.478 e. The summed E-state index contributed by atoms with van der Waals surface area (Å²) >= 11 is 0. The number of hydrogen-bond donors (Lipinski definition) is 3. The zero-order valence-corrected chi connectivity index (χ0v) is 11.6. The molecule has 21 heavy (non-hydrogen) atoms. The number of carbonyl (C=O) groups excluding carboxylic acids is 2. The van der Waals surface area contributed by atoms with Crippen LogP contribution in [0.5, 0.6) is 0 Å². The summed E-state index contributed by atoms with van der Waals surface area (Å²) in [6, 6.07) is 2.34. The standard InChI is InChI=1S/C13H16FN3O4/c1-17(2)11(18)5-6-15-13(21)16-10-4-3-8(14)7-9(10)12(19)20/h3-4,7H,5-6H2,1-2H3,(H,19,20)(H2,15,16,21). The van der Waals surface area contributed by atoms with Gasteiger partial charge in [-0.3, -0.25) is 4.79 Å². The smallest absolute Gasteiger partial charge is 0.337 e. The monoisotopic (exact) mass is 297 g/mol. The van der Waals surface area contributed by atoms with Gasteiger partial charge >= 0.3 is 12.0 Å². The molecule has 0 aliphatic rings. The zero-order valence-electron chi connectivity index (χ0n) is 11.6. The topological polar surface area (TPSA) is 98.7 Å². The predicted octanol–water partition coefficient (Wildman–Crippen LogP) is 1.12. The summed E-state index contributed by atoms with van der Waals surface area (Å²) in [5.41, 5.74) is -0.380. The maximum atomic E-state index is 13.0. The van der Waals surface area contributed by atoms with Gasteiger partial charge in [0, 0.05) is 27.1 Å². The van der Waals surface area contributed by atoms with Crippen molar-refractivity contribution in [3.8, 4) is 0 Å². The number of halogens is 1. The lowest BCUT2D eigenvalue weighted by Gasteiger charge is -2.12. The average molecular weight is 297 g/mol. The molecular weight excluding hydrogens is 281 g/mol. The van der Waals surface area contributed by atoms with Crippen LogP contribution in [-0.2, 0) is 4.79 Å². The molecule has 3 N–H and O–H groups in total. The molecule has 3 amide bonds. The van der Waals surface area contributed by atoms with Crippen LogP contribution >= 0.6 is 0 Å². The second-order valence-electron chi connectivity index (χ2n) is 4.41. The molecule has 7 nitrogen and oxygen atoms in total. The number of nitrogens with one attached hydrogen (secondary N) is 2. The number of benzene rings is 1. The summed E-state index contributed by atoms with van der Waals surface area (Å²) in [7, 11) is 3.19. The molecule has 0 aromatic heterocycles. The van der Waals surface area contributed by atoms with Crippen molar-refractivity contribution in [2.24, 2.45) is 0 Å². The number of urea groups is 1. The van der Waals surface area contributed by atoms with Gasteiger partial charge < -0.3 is 20.6 Å². The van der Waals surface area contributed by atoms with Gasteiger partial charge in [-0.05, 0) is 18.2 Å². The summed E-state index contributed by atoms with van der Waals surface area (Å²) in [5.74, 6) is -2.22. The molecule has 1 aromatic carbocycles. The van der Waals surface area contributed by atoms with Gasteiger partial charge in [-0.15, -0.1) is 0 Å². The number of anilines is 1. The van der Waals surface area contributed by atoms with Crippen molar-refractivity contribution in [3.63, 3.8) is 0 Å². The van der Waals surface area contributed by atoms with E-state index in [1.807, 2.05) is 0 Å². The molecule has 0 aliphatic heterocycles. The minimum Gasteiger partial charge on any atom is -0.478 e. The second kappa shape index (κ2) is 7.22. The SMILES string of the molecule is CN(C)C(=O)CCNC(=O)Nc1ccc(F)cc1C(=O)O. The summed E-state index contributed by atoms with van der Waals surface area (Å²) in [6.07, 6.45) is 0.121. The highest BCUT2D eigenvalue weighted by atomic mass is 19.1. The normalized spacial score (nSPS) is 9.86. The molecule has 0 fully saturated rings. The maximum Gasteiger partial charge on any atom is 0.337 e. The van der Waals surface area contributed by atoms with Gasteiger partial charge in [0.15, 0.2) is 0 Å². The fourth-order valence-electron chi connectivity index (χ4n) is 1.48. The van der Waals surface area contributed by atoms with E-state index in [0.29, 0.717) is 0 Å². The molecule has 0 aliphatic carbocycles. The summed E-state index contributed by atoms with van der Waals surface area (Å²) in [5, 5.41) is 13.6. The average Bonchev–Trinajstić information content (AvgIpc) is 2.40. The first-order valence-electron chi connectivity index (χ1n) is 6.09. The van der Waals surface area contributed by atoms with E-state index in [0.717, 1.165) is 18.2 Å². The Kier molecular flexibility index (Phi) is 5.65. The van der Waals surface area contributed by atoms with Crippen molar-refractivity contribution < 1.29 is 23.9 Å². The van der Waals surface area contributed by atoms with Crippen molar-refractivity contribution in [2.75, 3.05) is 26.0 Å². The van der Waals surface area contributed by atoms with E-state index in [1.54, 1.807) is 14.1 Å². The molecule has 1 rings (SSSR count). The van der Waals surface area contributed by atoms with E-state index in [-0.39, 0.29) is 30.1 Å². The minimum absolute atomic E-state index is 0.0275. The van der Waals surface area contributed by atoms with E-state index >= 15 is 0 Å². The minimum atomic E-state index is -1.35. The number of aromatic carboxylic acids is 1. The molecule has 1 aromatic rings. The molecule has 0 bridgehead atoms. The highest BCUT2D eigenvalue weighted by Crippen LogP contribution is 2.16. The number of carboxylic acids is 1. The Morgan fingerprint density at radius 3 is 2.52 bits per heavy atom. The van der Waals surface area contributed by atoms with Crippen molar-refractivity contribution in [1.29, 1.82) is 0 Å². The van der Waals surface area contributed by atoms with Crippen LogP contribution < -0.4 is 10.6 Å². The van der Waals surface area contributed by atoms with E-state index in [4.69, 9.17) is 5.11 Å². The third-order valence-corrected chi connectivity index (χ3v) is 2.58. The fraction of sp³-hybridized carbons (Fsp3) is 0.308. The van der Waals surface area contributed by atoms with Gasteiger partial charge in [-0.25, -0.2) is 14.0 Å². The van der Waals surface area contributed by atoms with Gasteiger partial charge in [0.25, 0.3) is 0 Å². The van der Waals surface area contributed by atoms with Crippen LogP contribution in [0.4, 0.5) is 14.9 Å². The quantitative estimate of drug-likeness (QED) is 0.758. The molecule has 8 heteroatoms. The fourth-order valence-corrected chi connectivity index (χ4v) is 1.48. The Morgan fingerprint density at radius 1 is 1.29 bits per heavy atom. The molecule has 0 atom stereocenters. The van der Waals surface area contributed by atoms with Crippen molar-refractivity contribution in [2.45, 2.75) is 6.42 Å². The molecule has 0 spiro atoms. The maximum absolute atomic E-state index is 13.0. The Labute approximate surface area is 120 Å². The Balaban J connectivity index is 2.59. The zero-order chi connectivity index (χ0) is 16.0. The highest BCUT2D eigenvalue weighted by molar-refractivity contribution is 6.00. The molecule has 0 saturated carbocycles. The molecule has 0 saturated heterocycles. The predicted molar refractivity (Wildman–Crippen MR) is 73.7 cm³/mol. The van der Waals surface area contributed by atoms with E-state index in [2.05, 4.69) is 10.6 Å². The third-order valence-electron chi connectivity index (χ3n) is 2.58. The number of nitrogens with zero attached hydrogens (tertiary/aromatic N) is 1.